The summed E-state index contributed by atoms with van der Waals surface area (Å²) in [4.78, 5) is 37.8. The lowest BCUT2D eigenvalue weighted by atomic mass is 10.0. The van der Waals surface area contributed by atoms with Gasteiger partial charge in [-0.1, -0.05) is 18.2 Å². The number of para-hydroxylation sites is 1. The van der Waals surface area contributed by atoms with Crippen LogP contribution >= 0.6 is 0 Å². The number of benzene rings is 2. The van der Waals surface area contributed by atoms with Crippen LogP contribution in [0.1, 0.15) is 24.3 Å². The summed E-state index contributed by atoms with van der Waals surface area (Å²) in [6.07, 6.45) is 1.17. The van der Waals surface area contributed by atoms with E-state index in [1.54, 1.807) is 0 Å². The summed E-state index contributed by atoms with van der Waals surface area (Å²) in [5.74, 6) is -1.85. The molecule has 2 heterocycles. The molecule has 1 unspecified atom stereocenters. The van der Waals surface area contributed by atoms with Gasteiger partial charge in [0.15, 0.2) is 0 Å². The zero-order chi connectivity index (χ0) is 20.4. The predicted octanol–water partition coefficient (Wildman–Crippen LogP) is 2.18. The van der Waals surface area contributed by atoms with Gasteiger partial charge in [-0.05, 0) is 30.7 Å². The molecule has 4 rings (SSSR count). The van der Waals surface area contributed by atoms with Crippen LogP contribution in [0.15, 0.2) is 42.5 Å². The van der Waals surface area contributed by atoms with Gasteiger partial charge in [-0.25, -0.2) is 4.39 Å². The van der Waals surface area contributed by atoms with Gasteiger partial charge < -0.3 is 20.3 Å². The molecule has 0 radical (unpaired) electrons. The largest absolute Gasteiger partial charge is 0.493 e. The molecule has 0 spiro atoms. The fraction of sp³-hybridized carbons (Fsp3) is 0.286. The molecule has 1 fully saturated rings. The minimum absolute atomic E-state index is 0.0503. The maximum Gasteiger partial charge on any atom is 0.313 e. The van der Waals surface area contributed by atoms with E-state index in [0.717, 1.165) is 17.7 Å². The van der Waals surface area contributed by atoms with Crippen molar-refractivity contribution >= 4 is 29.1 Å². The van der Waals surface area contributed by atoms with Crippen molar-refractivity contribution in [2.75, 3.05) is 29.9 Å². The van der Waals surface area contributed by atoms with E-state index in [4.69, 9.17) is 4.74 Å². The quantitative estimate of drug-likeness (QED) is 0.775. The number of nitrogens with one attached hydrogen (secondary N) is 2. The molecule has 3 amide bonds. The van der Waals surface area contributed by atoms with Gasteiger partial charge in [0, 0.05) is 36.7 Å². The summed E-state index contributed by atoms with van der Waals surface area (Å²) in [5, 5.41) is 4.85. The molecule has 0 bridgehead atoms. The molecule has 150 valence electrons. The van der Waals surface area contributed by atoms with Crippen molar-refractivity contribution in [2.45, 2.75) is 18.8 Å². The van der Waals surface area contributed by atoms with Crippen molar-refractivity contribution in [1.82, 2.24) is 5.32 Å². The van der Waals surface area contributed by atoms with Gasteiger partial charge in [0.1, 0.15) is 11.6 Å². The minimum atomic E-state index is -0.971. The molecule has 2 aliphatic heterocycles. The molecule has 0 saturated carbocycles. The number of anilines is 2. The fourth-order valence-corrected chi connectivity index (χ4v) is 3.57. The number of nitrogens with zero attached hydrogens (tertiary/aromatic N) is 1. The van der Waals surface area contributed by atoms with Crippen LogP contribution in [0.2, 0.25) is 0 Å². The van der Waals surface area contributed by atoms with E-state index in [2.05, 4.69) is 10.6 Å². The van der Waals surface area contributed by atoms with Crippen molar-refractivity contribution in [3.63, 3.8) is 0 Å². The van der Waals surface area contributed by atoms with Crippen molar-refractivity contribution in [1.29, 1.82) is 0 Å². The van der Waals surface area contributed by atoms with Crippen LogP contribution in [0.25, 0.3) is 0 Å². The van der Waals surface area contributed by atoms with E-state index in [-0.39, 0.29) is 24.1 Å². The second-order valence-electron chi connectivity index (χ2n) is 7.02. The highest BCUT2D eigenvalue weighted by Gasteiger charge is 2.26. The highest BCUT2D eigenvalue weighted by molar-refractivity contribution is 6.39. The molecule has 2 aliphatic rings. The minimum Gasteiger partial charge on any atom is -0.493 e. The molecule has 1 atom stereocenters. The molecule has 29 heavy (non-hydrogen) atoms. The number of carbonyl (C=O) groups is 3. The standard InChI is InChI=1S/C21H20FN3O4/c22-16-8-7-14(25-9-3-6-19(25)26)10-17(16)24-21(28)20(27)23-11-13-12-29-18-5-2-1-4-15(13)18/h1-2,4-5,7-8,10,13H,3,6,9,11-12H2,(H,23,27)(H,24,28). The first kappa shape index (κ1) is 18.9. The van der Waals surface area contributed by atoms with Crippen molar-refractivity contribution in [3.05, 3.63) is 53.8 Å². The number of rotatable bonds is 4. The Balaban J connectivity index is 1.38. The SMILES string of the molecule is O=C(NCC1COc2ccccc21)C(=O)Nc1cc(N2CCCC2=O)ccc1F. The molecule has 1 saturated heterocycles. The van der Waals surface area contributed by atoms with Crippen LogP contribution in [0, 0.1) is 5.82 Å². The lowest BCUT2D eigenvalue weighted by Gasteiger charge is -2.17. The topological polar surface area (TPSA) is 87.7 Å². The van der Waals surface area contributed by atoms with Gasteiger partial charge in [-0.3, -0.25) is 14.4 Å². The Bertz CT molecular complexity index is 978. The van der Waals surface area contributed by atoms with Crippen LogP contribution in [0.5, 0.6) is 5.75 Å². The van der Waals surface area contributed by atoms with Crippen molar-refractivity contribution < 1.29 is 23.5 Å². The lowest BCUT2D eigenvalue weighted by Crippen LogP contribution is -2.38. The first-order chi connectivity index (χ1) is 14.0. The third kappa shape index (κ3) is 3.91. The van der Waals surface area contributed by atoms with Crippen LogP contribution in [-0.4, -0.2) is 37.4 Å². The fourth-order valence-electron chi connectivity index (χ4n) is 3.57. The van der Waals surface area contributed by atoms with Crippen LogP contribution in [-0.2, 0) is 14.4 Å². The normalized spacial score (nSPS) is 17.6. The summed E-state index contributed by atoms with van der Waals surface area (Å²) in [6.45, 7) is 1.19. The van der Waals surface area contributed by atoms with E-state index in [1.165, 1.54) is 23.1 Å². The summed E-state index contributed by atoms with van der Waals surface area (Å²) >= 11 is 0. The highest BCUT2D eigenvalue weighted by Crippen LogP contribution is 2.32. The highest BCUT2D eigenvalue weighted by atomic mass is 19.1. The van der Waals surface area contributed by atoms with Gasteiger partial charge in [-0.2, -0.15) is 0 Å². The van der Waals surface area contributed by atoms with Gasteiger partial charge in [-0.15, -0.1) is 0 Å². The van der Waals surface area contributed by atoms with Gasteiger partial charge in [0.05, 0.1) is 12.3 Å². The maximum absolute atomic E-state index is 14.1. The molecule has 2 N–H and O–H groups in total. The molecule has 2 aromatic rings. The Kier molecular flexibility index (Phi) is 5.16. The van der Waals surface area contributed by atoms with E-state index in [9.17, 15) is 18.8 Å². The maximum atomic E-state index is 14.1. The molecule has 2 aromatic carbocycles. The first-order valence-electron chi connectivity index (χ1n) is 9.44. The number of halogens is 1. The van der Waals surface area contributed by atoms with Crippen molar-refractivity contribution in [3.8, 4) is 5.75 Å². The average Bonchev–Trinajstić information content (AvgIpc) is 3.34. The Morgan fingerprint density at radius 2 is 2.00 bits per heavy atom. The van der Waals surface area contributed by atoms with E-state index in [0.29, 0.717) is 25.3 Å². The van der Waals surface area contributed by atoms with Crippen LogP contribution in [0.4, 0.5) is 15.8 Å². The lowest BCUT2D eigenvalue weighted by molar-refractivity contribution is -0.136. The Morgan fingerprint density at radius 1 is 1.17 bits per heavy atom. The first-order valence-corrected chi connectivity index (χ1v) is 9.44. The Labute approximate surface area is 166 Å². The van der Waals surface area contributed by atoms with Crippen LogP contribution in [0.3, 0.4) is 0 Å². The predicted molar refractivity (Wildman–Crippen MR) is 104 cm³/mol. The zero-order valence-electron chi connectivity index (χ0n) is 15.6. The number of amides is 3. The van der Waals surface area contributed by atoms with Gasteiger partial charge in [0.2, 0.25) is 5.91 Å². The number of ether oxygens (including phenoxy) is 1. The molecular formula is C21H20FN3O4. The number of fused-ring (bicyclic) bond motifs is 1. The third-order valence-electron chi connectivity index (χ3n) is 5.10. The molecule has 0 aromatic heterocycles. The van der Waals surface area contributed by atoms with Gasteiger partial charge >= 0.3 is 11.8 Å². The van der Waals surface area contributed by atoms with E-state index in [1.807, 2.05) is 24.3 Å². The zero-order valence-corrected chi connectivity index (χ0v) is 15.6. The monoisotopic (exact) mass is 397 g/mol. The molecule has 8 heteroatoms. The molecule has 7 nitrogen and oxygen atoms in total. The summed E-state index contributed by atoms with van der Waals surface area (Å²) in [5.41, 5.74) is 1.32. The smallest absolute Gasteiger partial charge is 0.313 e. The van der Waals surface area contributed by atoms with Crippen molar-refractivity contribution in [2.24, 2.45) is 0 Å². The van der Waals surface area contributed by atoms with Crippen LogP contribution < -0.4 is 20.3 Å². The Morgan fingerprint density at radius 3 is 2.79 bits per heavy atom. The molecular weight excluding hydrogens is 377 g/mol. The van der Waals surface area contributed by atoms with Gasteiger partial charge in [0.25, 0.3) is 0 Å². The summed E-state index contributed by atoms with van der Waals surface area (Å²) in [7, 11) is 0. The third-order valence-corrected chi connectivity index (χ3v) is 5.10. The number of carbonyl (C=O) groups excluding carboxylic acids is 3. The van der Waals surface area contributed by atoms with E-state index < -0.39 is 17.6 Å². The Hall–Kier alpha value is -3.42. The van der Waals surface area contributed by atoms with E-state index >= 15 is 0 Å². The second kappa shape index (κ2) is 7.90. The summed E-state index contributed by atoms with van der Waals surface area (Å²) in [6, 6.07) is 11.5. The average molecular weight is 397 g/mol. The number of hydrogen-bond acceptors (Lipinski definition) is 4. The number of hydrogen-bond donors (Lipinski definition) is 2. The summed E-state index contributed by atoms with van der Waals surface area (Å²) < 4.78 is 19.7. The second-order valence-corrected chi connectivity index (χ2v) is 7.02. The molecule has 0 aliphatic carbocycles.